The summed E-state index contributed by atoms with van der Waals surface area (Å²) in [4.78, 5) is 20.2. The highest BCUT2D eigenvalue weighted by molar-refractivity contribution is 6.33. The largest absolute Gasteiger partial charge is 0.416 e. The first kappa shape index (κ1) is 18.7. The molecule has 0 atom stereocenters. The number of nitrogens with zero attached hydrogens (tertiary/aromatic N) is 2. The third kappa shape index (κ3) is 4.73. The summed E-state index contributed by atoms with van der Waals surface area (Å²) in [6, 6.07) is 11.2. The van der Waals surface area contributed by atoms with E-state index in [1.54, 1.807) is 24.3 Å². The average molecular weight is 393 g/mol. The van der Waals surface area contributed by atoms with Crippen molar-refractivity contribution in [2.45, 2.75) is 6.18 Å². The molecular weight excluding hydrogens is 381 g/mol. The summed E-state index contributed by atoms with van der Waals surface area (Å²) in [5.74, 6) is -0.298. The Morgan fingerprint density at radius 3 is 2.19 bits per heavy atom. The van der Waals surface area contributed by atoms with Crippen molar-refractivity contribution in [3.8, 4) is 0 Å². The van der Waals surface area contributed by atoms with Gasteiger partial charge in [0.1, 0.15) is 0 Å². The van der Waals surface area contributed by atoms with Gasteiger partial charge in [-0.1, -0.05) is 23.7 Å². The van der Waals surface area contributed by atoms with Crippen molar-refractivity contribution in [3.05, 3.63) is 77.1 Å². The summed E-state index contributed by atoms with van der Waals surface area (Å²) in [6.07, 6.45) is -1.84. The van der Waals surface area contributed by atoms with E-state index in [1.165, 1.54) is 24.5 Å². The van der Waals surface area contributed by atoms with Crippen LogP contribution in [0.2, 0.25) is 5.02 Å². The fraction of sp³-hybridized carbons (Fsp3) is 0.0556. The van der Waals surface area contributed by atoms with Crippen LogP contribution in [-0.2, 0) is 6.18 Å². The highest BCUT2D eigenvalue weighted by Crippen LogP contribution is 2.30. The van der Waals surface area contributed by atoms with Crippen LogP contribution in [0.5, 0.6) is 0 Å². The van der Waals surface area contributed by atoms with Crippen molar-refractivity contribution in [1.29, 1.82) is 0 Å². The Labute approximate surface area is 157 Å². The Bertz CT molecular complexity index is 944. The molecule has 1 aromatic heterocycles. The predicted molar refractivity (Wildman–Crippen MR) is 96.2 cm³/mol. The maximum Gasteiger partial charge on any atom is 0.416 e. The molecule has 5 nitrogen and oxygen atoms in total. The summed E-state index contributed by atoms with van der Waals surface area (Å²) in [6.45, 7) is 0. The van der Waals surface area contributed by atoms with Crippen LogP contribution >= 0.6 is 11.6 Å². The maximum atomic E-state index is 12.5. The van der Waals surface area contributed by atoms with Gasteiger partial charge in [-0.15, -0.1) is 0 Å². The molecule has 0 fully saturated rings. The molecule has 0 aliphatic rings. The normalized spacial score (nSPS) is 11.1. The van der Waals surface area contributed by atoms with E-state index in [4.69, 9.17) is 11.6 Å². The number of benzene rings is 2. The number of alkyl halides is 3. The van der Waals surface area contributed by atoms with Gasteiger partial charge in [-0.2, -0.15) is 13.2 Å². The van der Waals surface area contributed by atoms with Crippen LogP contribution in [0.1, 0.15) is 15.9 Å². The number of aromatic nitrogens is 2. The van der Waals surface area contributed by atoms with Crippen molar-refractivity contribution in [2.24, 2.45) is 0 Å². The zero-order valence-electron chi connectivity index (χ0n) is 13.6. The Hall–Kier alpha value is -3.13. The SMILES string of the molecule is O=C(Nc1ccc(C(F)(F)F)cc1)c1cnc(Nc2ccccc2Cl)nc1. The zero-order valence-corrected chi connectivity index (χ0v) is 14.3. The number of para-hydroxylation sites is 1. The average Bonchev–Trinajstić information content (AvgIpc) is 2.64. The van der Waals surface area contributed by atoms with Gasteiger partial charge in [-0.25, -0.2) is 9.97 Å². The first-order chi connectivity index (χ1) is 12.8. The molecule has 1 amide bonds. The van der Waals surface area contributed by atoms with Crippen LogP contribution in [0.15, 0.2) is 60.9 Å². The number of rotatable bonds is 4. The molecule has 0 aliphatic carbocycles. The van der Waals surface area contributed by atoms with Crippen molar-refractivity contribution in [3.63, 3.8) is 0 Å². The van der Waals surface area contributed by atoms with Gasteiger partial charge in [0.2, 0.25) is 5.95 Å². The molecule has 0 aliphatic heterocycles. The zero-order chi connectivity index (χ0) is 19.4. The lowest BCUT2D eigenvalue weighted by atomic mass is 10.2. The standard InChI is InChI=1S/C18H12ClF3N4O/c19-14-3-1-2-4-15(14)26-17-23-9-11(10-24-17)16(27)25-13-7-5-12(6-8-13)18(20,21)22/h1-10H,(H,25,27)(H,23,24,26). The number of hydrogen-bond donors (Lipinski definition) is 2. The Morgan fingerprint density at radius 2 is 1.59 bits per heavy atom. The molecule has 0 bridgehead atoms. The summed E-state index contributed by atoms with van der Waals surface area (Å²) >= 11 is 6.03. The van der Waals surface area contributed by atoms with Gasteiger partial charge < -0.3 is 10.6 Å². The molecule has 27 heavy (non-hydrogen) atoms. The first-order valence-corrected chi connectivity index (χ1v) is 8.03. The number of hydrogen-bond acceptors (Lipinski definition) is 4. The lowest BCUT2D eigenvalue weighted by Crippen LogP contribution is -2.13. The second-order valence-corrected chi connectivity index (χ2v) is 5.84. The number of anilines is 3. The molecule has 0 saturated heterocycles. The smallest absolute Gasteiger partial charge is 0.323 e. The summed E-state index contributed by atoms with van der Waals surface area (Å²) < 4.78 is 37.6. The van der Waals surface area contributed by atoms with Crippen LogP contribution in [0.4, 0.5) is 30.5 Å². The van der Waals surface area contributed by atoms with Gasteiger partial charge in [-0.05, 0) is 36.4 Å². The van der Waals surface area contributed by atoms with Crippen molar-refractivity contribution < 1.29 is 18.0 Å². The monoisotopic (exact) mass is 392 g/mol. The Balaban J connectivity index is 1.66. The van der Waals surface area contributed by atoms with E-state index in [2.05, 4.69) is 20.6 Å². The van der Waals surface area contributed by atoms with Crippen LogP contribution in [0.25, 0.3) is 0 Å². The maximum absolute atomic E-state index is 12.5. The van der Waals surface area contributed by atoms with E-state index >= 15 is 0 Å². The van der Waals surface area contributed by atoms with Crippen LogP contribution in [-0.4, -0.2) is 15.9 Å². The van der Waals surface area contributed by atoms with Gasteiger partial charge in [0, 0.05) is 18.1 Å². The van der Waals surface area contributed by atoms with E-state index in [0.717, 1.165) is 12.1 Å². The molecule has 138 valence electrons. The van der Waals surface area contributed by atoms with Crippen molar-refractivity contribution >= 4 is 34.8 Å². The molecule has 0 spiro atoms. The highest BCUT2D eigenvalue weighted by Gasteiger charge is 2.30. The van der Waals surface area contributed by atoms with E-state index in [1.807, 2.05) is 0 Å². The van der Waals surface area contributed by atoms with E-state index in [-0.39, 0.29) is 17.2 Å². The summed E-state index contributed by atoms with van der Waals surface area (Å²) in [5, 5.41) is 5.89. The highest BCUT2D eigenvalue weighted by atomic mass is 35.5. The van der Waals surface area contributed by atoms with Crippen LogP contribution in [0.3, 0.4) is 0 Å². The number of halogens is 4. The Kier molecular flexibility index (Phi) is 5.27. The molecule has 0 radical (unpaired) electrons. The summed E-state index contributed by atoms with van der Waals surface area (Å²) in [7, 11) is 0. The lowest BCUT2D eigenvalue weighted by molar-refractivity contribution is -0.137. The molecule has 1 heterocycles. The molecule has 3 rings (SSSR count). The second kappa shape index (κ2) is 7.63. The molecule has 9 heteroatoms. The predicted octanol–water partition coefficient (Wildman–Crippen LogP) is 5.14. The molecule has 0 saturated carbocycles. The Morgan fingerprint density at radius 1 is 0.963 bits per heavy atom. The minimum Gasteiger partial charge on any atom is -0.323 e. The van der Waals surface area contributed by atoms with Crippen molar-refractivity contribution in [2.75, 3.05) is 10.6 Å². The fourth-order valence-electron chi connectivity index (χ4n) is 2.14. The van der Waals surface area contributed by atoms with Crippen molar-refractivity contribution in [1.82, 2.24) is 9.97 Å². The minimum absolute atomic E-state index is 0.152. The first-order valence-electron chi connectivity index (χ1n) is 7.65. The third-order valence-corrected chi connectivity index (χ3v) is 3.83. The lowest BCUT2D eigenvalue weighted by Gasteiger charge is -2.09. The van der Waals surface area contributed by atoms with E-state index < -0.39 is 17.6 Å². The second-order valence-electron chi connectivity index (χ2n) is 5.43. The minimum atomic E-state index is -4.43. The third-order valence-electron chi connectivity index (χ3n) is 3.50. The summed E-state index contributed by atoms with van der Waals surface area (Å²) in [5.41, 5.74) is 0.200. The van der Waals surface area contributed by atoms with Gasteiger partial charge in [0.15, 0.2) is 0 Å². The number of carbonyl (C=O) groups excluding carboxylic acids is 1. The van der Waals surface area contributed by atoms with Gasteiger partial charge >= 0.3 is 6.18 Å². The van der Waals surface area contributed by atoms with E-state index in [9.17, 15) is 18.0 Å². The molecule has 2 N–H and O–H groups in total. The van der Waals surface area contributed by atoms with Crippen LogP contribution in [0, 0.1) is 0 Å². The topological polar surface area (TPSA) is 66.9 Å². The quantitative estimate of drug-likeness (QED) is 0.644. The molecular formula is C18H12ClF3N4O. The van der Waals surface area contributed by atoms with Gasteiger partial charge in [0.25, 0.3) is 5.91 Å². The van der Waals surface area contributed by atoms with E-state index in [0.29, 0.717) is 10.7 Å². The number of nitrogens with one attached hydrogen (secondary N) is 2. The molecule has 2 aromatic carbocycles. The van der Waals surface area contributed by atoms with Gasteiger partial charge in [0.05, 0.1) is 21.8 Å². The van der Waals surface area contributed by atoms with Gasteiger partial charge in [-0.3, -0.25) is 4.79 Å². The fourth-order valence-corrected chi connectivity index (χ4v) is 2.32. The molecule has 0 unspecified atom stereocenters. The molecule has 3 aromatic rings. The number of amides is 1. The number of carbonyl (C=O) groups is 1. The van der Waals surface area contributed by atoms with Crippen LogP contribution < -0.4 is 10.6 Å².